The SMILES string of the molecule is COC(=O)c1c(/C=C\c2ccc(OC)cn2)[nH]c(OC)c(CC=C(C)C)c1=O. The first-order valence-electron chi connectivity index (χ1n) is 8.64. The fourth-order valence-corrected chi connectivity index (χ4v) is 2.51. The molecular formula is C21H24N2O5. The third-order valence-electron chi connectivity index (χ3n) is 4.02. The number of H-pyrrole nitrogens is 1. The monoisotopic (exact) mass is 384 g/mol. The molecule has 0 amide bonds. The van der Waals surface area contributed by atoms with E-state index in [-0.39, 0.29) is 11.3 Å². The highest BCUT2D eigenvalue weighted by Gasteiger charge is 2.21. The summed E-state index contributed by atoms with van der Waals surface area (Å²) in [5.41, 5.74) is 1.82. The molecule has 0 aromatic carbocycles. The Labute approximate surface area is 163 Å². The molecule has 2 rings (SSSR count). The fraction of sp³-hybridized carbons (Fsp3) is 0.286. The van der Waals surface area contributed by atoms with Crippen molar-refractivity contribution in [2.45, 2.75) is 20.3 Å². The molecule has 0 fully saturated rings. The van der Waals surface area contributed by atoms with Gasteiger partial charge in [-0.15, -0.1) is 0 Å². The summed E-state index contributed by atoms with van der Waals surface area (Å²) in [5, 5.41) is 0. The normalized spacial score (nSPS) is 10.6. The standard InChI is InChI=1S/C21H24N2O5/c1-13(2)6-10-16-19(24)18(21(25)28-5)17(23-20(16)27-4)11-8-14-7-9-15(26-3)12-22-14/h6-9,11-12H,10H2,1-5H3,(H,23,24)/b11-8-. The van der Waals surface area contributed by atoms with Crippen molar-refractivity contribution in [3.8, 4) is 11.6 Å². The van der Waals surface area contributed by atoms with Crippen LogP contribution in [-0.4, -0.2) is 37.3 Å². The van der Waals surface area contributed by atoms with Gasteiger partial charge in [0.15, 0.2) is 5.88 Å². The molecule has 0 radical (unpaired) electrons. The highest BCUT2D eigenvalue weighted by molar-refractivity contribution is 5.94. The number of methoxy groups -OCH3 is 3. The van der Waals surface area contributed by atoms with E-state index in [2.05, 4.69) is 9.97 Å². The summed E-state index contributed by atoms with van der Waals surface area (Å²) in [4.78, 5) is 32.5. The molecule has 2 heterocycles. The largest absolute Gasteiger partial charge is 0.495 e. The van der Waals surface area contributed by atoms with Crippen molar-refractivity contribution in [3.63, 3.8) is 0 Å². The van der Waals surface area contributed by atoms with Gasteiger partial charge in [-0.3, -0.25) is 9.78 Å². The van der Waals surface area contributed by atoms with Gasteiger partial charge >= 0.3 is 5.97 Å². The molecule has 0 aliphatic heterocycles. The van der Waals surface area contributed by atoms with E-state index in [1.54, 1.807) is 37.6 Å². The third kappa shape index (κ3) is 4.88. The Morgan fingerprint density at radius 2 is 1.89 bits per heavy atom. The van der Waals surface area contributed by atoms with Gasteiger partial charge in [0.1, 0.15) is 11.3 Å². The van der Waals surface area contributed by atoms with Crippen LogP contribution in [0.5, 0.6) is 11.6 Å². The lowest BCUT2D eigenvalue weighted by molar-refractivity contribution is 0.0598. The van der Waals surface area contributed by atoms with Crippen molar-refractivity contribution < 1.29 is 19.0 Å². The quantitative estimate of drug-likeness (QED) is 0.582. The number of nitrogens with one attached hydrogen (secondary N) is 1. The van der Waals surface area contributed by atoms with Gasteiger partial charge in [-0.2, -0.15) is 0 Å². The first-order valence-corrected chi connectivity index (χ1v) is 8.64. The number of allylic oxidation sites excluding steroid dienone is 2. The first kappa shape index (κ1) is 21.0. The van der Waals surface area contributed by atoms with E-state index in [0.29, 0.717) is 29.3 Å². The van der Waals surface area contributed by atoms with Crippen LogP contribution in [0.3, 0.4) is 0 Å². The second-order valence-corrected chi connectivity index (χ2v) is 6.19. The van der Waals surface area contributed by atoms with E-state index in [0.717, 1.165) is 5.57 Å². The Kier molecular flexibility index (Phi) is 7.14. The number of aromatic amines is 1. The van der Waals surface area contributed by atoms with Gasteiger partial charge in [0.2, 0.25) is 5.43 Å². The van der Waals surface area contributed by atoms with Gasteiger partial charge in [-0.1, -0.05) is 11.6 Å². The highest BCUT2D eigenvalue weighted by atomic mass is 16.5. The van der Waals surface area contributed by atoms with Crippen LogP contribution in [0.15, 0.2) is 34.8 Å². The number of esters is 1. The predicted octanol–water partition coefficient (Wildman–Crippen LogP) is 3.25. The van der Waals surface area contributed by atoms with E-state index in [1.165, 1.54) is 14.2 Å². The second kappa shape index (κ2) is 9.55. The van der Waals surface area contributed by atoms with Crippen molar-refractivity contribution >= 4 is 18.1 Å². The van der Waals surface area contributed by atoms with Crippen LogP contribution < -0.4 is 14.9 Å². The molecule has 2 aromatic rings. The zero-order valence-electron chi connectivity index (χ0n) is 16.7. The summed E-state index contributed by atoms with van der Waals surface area (Å²) in [6, 6.07) is 3.52. The van der Waals surface area contributed by atoms with Crippen LogP contribution >= 0.6 is 0 Å². The predicted molar refractivity (Wildman–Crippen MR) is 108 cm³/mol. The van der Waals surface area contributed by atoms with Crippen LogP contribution in [0, 0.1) is 0 Å². The lowest BCUT2D eigenvalue weighted by Gasteiger charge is -2.12. The lowest BCUT2D eigenvalue weighted by Crippen LogP contribution is -2.23. The molecule has 0 aliphatic carbocycles. The molecule has 0 bridgehead atoms. The minimum Gasteiger partial charge on any atom is -0.495 e. The maximum absolute atomic E-state index is 13.0. The maximum Gasteiger partial charge on any atom is 0.344 e. The lowest BCUT2D eigenvalue weighted by atomic mass is 10.0. The average Bonchev–Trinajstić information content (AvgIpc) is 2.70. The molecule has 2 aromatic heterocycles. The Morgan fingerprint density at radius 1 is 1.14 bits per heavy atom. The second-order valence-electron chi connectivity index (χ2n) is 6.19. The van der Waals surface area contributed by atoms with Gasteiger partial charge in [0.25, 0.3) is 0 Å². The average molecular weight is 384 g/mol. The van der Waals surface area contributed by atoms with Gasteiger partial charge in [-0.25, -0.2) is 4.79 Å². The molecule has 0 spiro atoms. The molecule has 7 heteroatoms. The Balaban J connectivity index is 2.56. The smallest absolute Gasteiger partial charge is 0.344 e. The number of ether oxygens (including phenoxy) is 3. The maximum atomic E-state index is 13.0. The van der Waals surface area contributed by atoms with Crippen LogP contribution in [0.2, 0.25) is 0 Å². The molecule has 0 saturated heterocycles. The van der Waals surface area contributed by atoms with Crippen LogP contribution in [0.25, 0.3) is 12.2 Å². The summed E-state index contributed by atoms with van der Waals surface area (Å²) < 4.78 is 15.2. The molecular weight excluding hydrogens is 360 g/mol. The van der Waals surface area contributed by atoms with Gasteiger partial charge in [0.05, 0.1) is 44.5 Å². The molecule has 148 valence electrons. The third-order valence-corrected chi connectivity index (χ3v) is 4.02. The zero-order valence-corrected chi connectivity index (χ0v) is 16.7. The van der Waals surface area contributed by atoms with E-state index in [9.17, 15) is 9.59 Å². The van der Waals surface area contributed by atoms with E-state index >= 15 is 0 Å². The Bertz CT molecular complexity index is 952. The van der Waals surface area contributed by atoms with Crippen LogP contribution in [0.4, 0.5) is 0 Å². The van der Waals surface area contributed by atoms with Crippen molar-refractivity contribution in [1.29, 1.82) is 0 Å². The summed E-state index contributed by atoms with van der Waals surface area (Å²) in [6.07, 6.45) is 7.08. The molecule has 0 aliphatic rings. The minimum atomic E-state index is -0.718. The Hall–Kier alpha value is -3.35. The van der Waals surface area contributed by atoms with E-state index < -0.39 is 11.4 Å². The summed E-state index contributed by atoms with van der Waals surface area (Å²) in [6.45, 7) is 3.86. The molecule has 0 saturated carbocycles. The van der Waals surface area contributed by atoms with Crippen molar-refractivity contribution in [3.05, 3.63) is 62.7 Å². The molecule has 0 atom stereocenters. The van der Waals surface area contributed by atoms with Crippen molar-refractivity contribution in [1.82, 2.24) is 9.97 Å². The number of carbonyl (C=O) groups excluding carboxylic acids is 1. The van der Waals surface area contributed by atoms with Gasteiger partial charge in [-0.05, 0) is 44.6 Å². The van der Waals surface area contributed by atoms with Crippen LogP contribution in [0.1, 0.15) is 41.2 Å². The zero-order chi connectivity index (χ0) is 20.7. The van der Waals surface area contributed by atoms with Crippen LogP contribution in [-0.2, 0) is 11.2 Å². The fourth-order valence-electron chi connectivity index (χ4n) is 2.51. The number of hydrogen-bond acceptors (Lipinski definition) is 6. The Morgan fingerprint density at radius 3 is 2.43 bits per heavy atom. The van der Waals surface area contributed by atoms with Gasteiger partial charge < -0.3 is 19.2 Å². The minimum absolute atomic E-state index is 0.0785. The highest BCUT2D eigenvalue weighted by Crippen LogP contribution is 2.19. The van der Waals surface area contributed by atoms with E-state index in [1.807, 2.05) is 19.9 Å². The topological polar surface area (TPSA) is 90.5 Å². The molecule has 1 N–H and O–H groups in total. The number of rotatable bonds is 7. The summed E-state index contributed by atoms with van der Waals surface area (Å²) in [7, 11) is 4.26. The van der Waals surface area contributed by atoms with Crippen molar-refractivity contribution in [2.75, 3.05) is 21.3 Å². The first-order chi connectivity index (χ1) is 13.4. The number of nitrogens with zero attached hydrogens (tertiary/aromatic N) is 1. The number of pyridine rings is 2. The van der Waals surface area contributed by atoms with Crippen molar-refractivity contribution in [2.24, 2.45) is 0 Å². The summed E-state index contributed by atoms with van der Waals surface area (Å²) >= 11 is 0. The van der Waals surface area contributed by atoms with E-state index in [4.69, 9.17) is 14.2 Å². The molecule has 7 nitrogen and oxygen atoms in total. The number of aromatic nitrogens is 2. The summed E-state index contributed by atoms with van der Waals surface area (Å²) in [5.74, 6) is 0.216. The number of hydrogen-bond donors (Lipinski definition) is 1. The number of carbonyl (C=O) groups is 1. The molecule has 28 heavy (non-hydrogen) atoms. The van der Waals surface area contributed by atoms with Gasteiger partial charge in [0, 0.05) is 0 Å². The molecule has 0 unspecified atom stereocenters.